The molecule has 240 valence electrons. The molecule has 0 bridgehead atoms. The van der Waals surface area contributed by atoms with Crippen LogP contribution in [0.25, 0.3) is 11.3 Å². The van der Waals surface area contributed by atoms with Crippen molar-refractivity contribution in [3.63, 3.8) is 0 Å². The number of Topliss-reactive ketones (excluding diaryl/α,β-unsaturated/α-hetero) is 1. The van der Waals surface area contributed by atoms with Crippen LogP contribution in [0.5, 0.6) is 0 Å². The molecule has 1 amide bonds. The van der Waals surface area contributed by atoms with Gasteiger partial charge in [-0.1, -0.05) is 16.9 Å². The normalized spacial score (nSPS) is 18.0. The first-order valence-corrected chi connectivity index (χ1v) is 18.7. The van der Waals surface area contributed by atoms with Gasteiger partial charge in [-0.25, -0.2) is 18.9 Å². The summed E-state index contributed by atoms with van der Waals surface area (Å²) in [5.74, 6) is -3.27. The van der Waals surface area contributed by atoms with E-state index in [-0.39, 0.29) is 46.1 Å². The first kappa shape index (κ1) is 34.9. The molecule has 0 radical (unpaired) electrons. The minimum Gasteiger partial charge on any atom is -0.781 e. The van der Waals surface area contributed by atoms with Crippen LogP contribution in [0.3, 0.4) is 0 Å². The first-order valence-electron chi connectivity index (χ1n) is 12.8. The molecule has 0 spiro atoms. The lowest BCUT2D eigenvalue weighted by Gasteiger charge is -2.50. The van der Waals surface area contributed by atoms with Crippen molar-refractivity contribution in [1.29, 1.82) is 0 Å². The summed E-state index contributed by atoms with van der Waals surface area (Å²) < 4.78 is 18.1. The van der Waals surface area contributed by atoms with Gasteiger partial charge in [0.15, 0.2) is 23.9 Å². The molecule has 5 heterocycles. The molecule has 0 aliphatic carbocycles. The molecular weight excluding hydrogens is 706 g/mol. The number of carboxylic acid groups (broad SMARTS) is 1. The summed E-state index contributed by atoms with van der Waals surface area (Å²) >= 11 is 10.3. The zero-order valence-corrected chi connectivity index (χ0v) is 28.7. The topological polar surface area (TPSA) is 208 Å². The third-order valence-electron chi connectivity index (χ3n) is 6.01. The number of hydrogen-bond acceptors (Lipinski definition) is 14. The standard InChI is InChI=1S/C14H16N5O8PS3.C10H11N2S2/c1-2-27-16-8(10-15-14(31-18-10)17-28(24,25)26)6(20)3-5-11(21)19-9(13(22)23)7(29)4-30-12(5)19;1-12-5-3-8(4-6-12)9-7-14-10(11-9)13-2/h5,12,29H,2-4H2,1H3,(H,22,23)(H3,15,17,18,24,25,26);3-7H,1-2H3/q;+1/p-1/b16-8+;/t5-,12-;/m1./s1. The Bertz CT molecular complexity index is 1690. The van der Waals surface area contributed by atoms with E-state index in [0.717, 1.165) is 14.9 Å². The number of anilines is 1. The molecule has 1 fully saturated rings. The van der Waals surface area contributed by atoms with Crippen molar-refractivity contribution in [2.24, 2.45) is 18.1 Å². The smallest absolute Gasteiger partial charge is 0.429 e. The summed E-state index contributed by atoms with van der Waals surface area (Å²) in [6, 6.07) is 4.16. The van der Waals surface area contributed by atoms with Crippen LogP contribution >= 0.6 is 54.1 Å². The zero-order valence-electron chi connectivity index (χ0n) is 23.7. The Morgan fingerprint density at radius 2 is 2.02 bits per heavy atom. The molecule has 15 nitrogen and oxygen atoms in total. The lowest BCUT2D eigenvalue weighted by Crippen LogP contribution is -2.62. The van der Waals surface area contributed by atoms with Gasteiger partial charge in [-0.3, -0.25) is 19.6 Å². The monoisotopic (exact) mass is 731 g/mol. The molecule has 3 aromatic rings. The highest BCUT2D eigenvalue weighted by Crippen LogP contribution is 2.45. The average Bonchev–Trinajstić information content (AvgIpc) is 3.65. The Labute approximate surface area is 279 Å². The number of thiazole rings is 1. The second kappa shape index (κ2) is 15.1. The molecule has 4 N–H and O–H groups in total. The van der Waals surface area contributed by atoms with Crippen LogP contribution in [-0.4, -0.2) is 81.5 Å². The van der Waals surface area contributed by atoms with Crippen LogP contribution in [0.4, 0.5) is 5.13 Å². The number of aromatic nitrogens is 4. The fourth-order valence-corrected chi connectivity index (χ4v) is 8.18. The minimum absolute atomic E-state index is 0.123. The van der Waals surface area contributed by atoms with Crippen molar-refractivity contribution in [1.82, 2.24) is 19.2 Å². The SMILES string of the molecule is CCO/N=C(\C(=O)C[C@@H]1C(=O)N2C(C(=O)O)=C([S-])CS[C@H]12)c1nsc(NP(=O)(O)O)n1.CSc1nc(-c2cc[n+](C)cc2)cs1. The number of aliphatic carboxylic acids is 1. The lowest BCUT2D eigenvalue weighted by atomic mass is 9.90. The Balaban J connectivity index is 0.000000273. The van der Waals surface area contributed by atoms with E-state index in [2.05, 4.69) is 37.0 Å². The number of β-lactam (4-membered cyclic amide) rings is 1. The van der Waals surface area contributed by atoms with Crippen LogP contribution in [0.15, 0.2) is 50.0 Å². The lowest BCUT2D eigenvalue weighted by molar-refractivity contribution is -0.671. The van der Waals surface area contributed by atoms with Crippen molar-refractivity contribution in [3.8, 4) is 11.3 Å². The van der Waals surface area contributed by atoms with E-state index in [0.29, 0.717) is 11.5 Å². The number of thioether (sulfide) groups is 2. The molecule has 0 aromatic carbocycles. The van der Waals surface area contributed by atoms with Gasteiger partial charge in [-0.2, -0.15) is 14.3 Å². The number of rotatable bonds is 11. The van der Waals surface area contributed by atoms with Crippen molar-refractivity contribution >= 4 is 95.3 Å². The predicted molar refractivity (Wildman–Crippen MR) is 172 cm³/mol. The zero-order chi connectivity index (χ0) is 32.9. The first-order chi connectivity index (χ1) is 21.3. The maximum atomic E-state index is 12.9. The molecule has 5 rings (SSSR count). The van der Waals surface area contributed by atoms with Gasteiger partial charge in [0.2, 0.25) is 16.9 Å². The Morgan fingerprint density at radius 1 is 1.31 bits per heavy atom. The number of carbonyl (C=O) groups excluding carboxylic acids is 2. The Hall–Kier alpha value is -2.97. The Morgan fingerprint density at radius 3 is 2.62 bits per heavy atom. The number of aryl methyl sites for hydroxylation is 1. The van der Waals surface area contributed by atoms with E-state index >= 15 is 0 Å². The van der Waals surface area contributed by atoms with Gasteiger partial charge in [0.25, 0.3) is 0 Å². The number of ketones is 1. The van der Waals surface area contributed by atoms with E-state index < -0.39 is 36.7 Å². The highest BCUT2D eigenvalue weighted by molar-refractivity contribution is 8.00. The van der Waals surface area contributed by atoms with Crippen LogP contribution in [0.2, 0.25) is 0 Å². The largest absolute Gasteiger partial charge is 0.781 e. The number of fused-ring (bicyclic) bond motifs is 1. The van der Waals surface area contributed by atoms with Gasteiger partial charge < -0.3 is 32.4 Å². The number of carboxylic acids is 1. The summed E-state index contributed by atoms with van der Waals surface area (Å²) in [6.45, 7) is 1.75. The van der Waals surface area contributed by atoms with Crippen LogP contribution in [0.1, 0.15) is 19.2 Å². The molecule has 45 heavy (non-hydrogen) atoms. The molecular formula is C24H26N7O8PS5. The van der Waals surface area contributed by atoms with Gasteiger partial charge >= 0.3 is 13.7 Å². The number of amides is 1. The number of carbonyl (C=O) groups is 3. The highest BCUT2D eigenvalue weighted by Gasteiger charge is 2.53. The number of pyridine rings is 1. The highest BCUT2D eigenvalue weighted by atomic mass is 32.2. The molecule has 3 aromatic heterocycles. The molecule has 2 aliphatic heterocycles. The molecule has 1 saturated heterocycles. The molecule has 0 saturated carbocycles. The quantitative estimate of drug-likeness (QED) is 0.0425. The summed E-state index contributed by atoms with van der Waals surface area (Å²) in [6.07, 6.45) is 5.81. The Kier molecular flexibility index (Phi) is 11.7. The maximum absolute atomic E-state index is 12.9. The van der Waals surface area contributed by atoms with Crippen LogP contribution in [0, 0.1) is 5.92 Å². The van der Waals surface area contributed by atoms with Gasteiger partial charge in [0.1, 0.15) is 23.7 Å². The number of hydrogen-bond donors (Lipinski definition) is 4. The van der Waals surface area contributed by atoms with Gasteiger partial charge in [0.05, 0.1) is 17.0 Å². The number of nitrogens with zero attached hydrogens (tertiary/aromatic N) is 6. The van der Waals surface area contributed by atoms with Gasteiger partial charge in [0, 0.05) is 41.0 Å². The third-order valence-corrected chi connectivity index (χ3v) is 11.0. The molecule has 0 unspecified atom stereocenters. The van der Waals surface area contributed by atoms with E-state index in [4.69, 9.17) is 27.3 Å². The number of nitrogens with one attached hydrogen (secondary N) is 1. The van der Waals surface area contributed by atoms with E-state index in [1.54, 1.807) is 30.0 Å². The van der Waals surface area contributed by atoms with Crippen LogP contribution in [-0.2, 0) is 43.5 Å². The summed E-state index contributed by atoms with van der Waals surface area (Å²) in [4.78, 5) is 69.3. The predicted octanol–water partition coefficient (Wildman–Crippen LogP) is 2.47. The van der Waals surface area contributed by atoms with Crippen molar-refractivity contribution in [3.05, 3.63) is 46.3 Å². The molecule has 2 aliphatic rings. The van der Waals surface area contributed by atoms with E-state index in [9.17, 15) is 24.1 Å². The van der Waals surface area contributed by atoms with Crippen LogP contribution < -0.4 is 9.65 Å². The van der Waals surface area contributed by atoms with Crippen molar-refractivity contribution in [2.75, 3.05) is 23.7 Å². The summed E-state index contributed by atoms with van der Waals surface area (Å²) in [7, 11) is -2.61. The fraction of sp³-hybridized carbons (Fsp3) is 0.333. The maximum Gasteiger partial charge on any atom is 0.429 e. The van der Waals surface area contributed by atoms with Crippen molar-refractivity contribution < 1.29 is 43.2 Å². The third kappa shape index (κ3) is 8.64. The molecule has 2 atom stereocenters. The second-order valence-electron chi connectivity index (χ2n) is 9.11. The van der Waals surface area contributed by atoms with Crippen molar-refractivity contribution in [2.45, 2.75) is 23.1 Å². The van der Waals surface area contributed by atoms with E-state index in [1.165, 1.54) is 17.3 Å². The summed E-state index contributed by atoms with van der Waals surface area (Å²) in [5.41, 5.74) is 1.69. The van der Waals surface area contributed by atoms with E-state index in [1.807, 2.05) is 35.4 Å². The molecule has 21 heteroatoms. The second-order valence-corrected chi connectivity index (χ2v) is 14.7. The average molecular weight is 732 g/mol. The van der Waals surface area contributed by atoms with Gasteiger partial charge in [-0.05, 0) is 18.9 Å². The minimum atomic E-state index is -4.62. The number of oxime groups is 1. The van der Waals surface area contributed by atoms with Gasteiger partial charge in [-0.15, -0.1) is 23.1 Å². The summed E-state index contributed by atoms with van der Waals surface area (Å²) in [5, 5.41) is 16.2. The fourth-order valence-electron chi connectivity index (χ4n) is 4.01.